The van der Waals surface area contributed by atoms with Crippen LogP contribution in [0.15, 0.2) is 18.5 Å². The molecular formula is C16H23N3S. The first kappa shape index (κ1) is 15.0. The summed E-state index contributed by atoms with van der Waals surface area (Å²) in [6, 6.07) is 2.36. The van der Waals surface area contributed by atoms with Gasteiger partial charge in [-0.3, -0.25) is 4.98 Å². The number of nitrogens with zero attached hydrogens (tertiary/aromatic N) is 2. The van der Waals surface area contributed by atoms with E-state index >= 15 is 0 Å². The molecule has 0 bridgehead atoms. The molecule has 1 unspecified atom stereocenters. The number of rotatable bonds is 3. The Bertz CT molecular complexity index is 596. The minimum Gasteiger partial charge on any atom is -0.376 e. The van der Waals surface area contributed by atoms with Gasteiger partial charge in [0.25, 0.3) is 0 Å². The van der Waals surface area contributed by atoms with Crippen LogP contribution in [0.5, 0.6) is 0 Å². The summed E-state index contributed by atoms with van der Waals surface area (Å²) in [5.74, 6) is 0. The average molecular weight is 289 g/mol. The smallest absolute Gasteiger partial charge is 0.0985 e. The van der Waals surface area contributed by atoms with Crippen molar-refractivity contribution >= 4 is 17.0 Å². The number of hydrogen-bond acceptors (Lipinski definition) is 4. The number of aryl methyl sites for hydroxylation is 2. The van der Waals surface area contributed by atoms with E-state index in [1.807, 2.05) is 12.4 Å². The highest BCUT2D eigenvalue weighted by Gasteiger charge is 2.22. The zero-order valence-electron chi connectivity index (χ0n) is 13.1. The molecule has 4 heteroatoms. The third-order valence-electron chi connectivity index (χ3n) is 3.13. The Hall–Kier alpha value is -1.42. The normalized spacial score (nSPS) is 13.3. The second-order valence-corrected chi connectivity index (χ2v) is 7.37. The summed E-state index contributed by atoms with van der Waals surface area (Å²) in [5, 5.41) is 4.71. The summed E-state index contributed by atoms with van der Waals surface area (Å²) in [6.45, 7) is 12.9. The number of hydrogen-bond donors (Lipinski definition) is 1. The van der Waals surface area contributed by atoms with E-state index in [0.29, 0.717) is 0 Å². The van der Waals surface area contributed by atoms with Crippen molar-refractivity contribution in [2.75, 3.05) is 5.32 Å². The van der Waals surface area contributed by atoms with Crippen molar-refractivity contribution in [3.63, 3.8) is 0 Å². The summed E-state index contributed by atoms with van der Waals surface area (Å²) >= 11 is 1.80. The molecule has 0 spiro atoms. The molecule has 1 N–H and O–H groups in total. The van der Waals surface area contributed by atoms with Gasteiger partial charge in [0, 0.05) is 22.7 Å². The molecule has 0 saturated heterocycles. The van der Waals surface area contributed by atoms with E-state index in [-0.39, 0.29) is 11.5 Å². The largest absolute Gasteiger partial charge is 0.376 e. The van der Waals surface area contributed by atoms with E-state index in [4.69, 9.17) is 4.98 Å². The van der Waals surface area contributed by atoms with Gasteiger partial charge in [-0.1, -0.05) is 20.8 Å². The molecule has 0 radical (unpaired) electrons. The molecule has 20 heavy (non-hydrogen) atoms. The minimum absolute atomic E-state index is 0.109. The monoisotopic (exact) mass is 289 g/mol. The number of thiazole rings is 1. The molecule has 2 rings (SSSR count). The summed E-state index contributed by atoms with van der Waals surface area (Å²) in [5.41, 5.74) is 3.46. The van der Waals surface area contributed by atoms with E-state index in [0.717, 1.165) is 11.4 Å². The highest BCUT2D eigenvalue weighted by molar-refractivity contribution is 7.12. The van der Waals surface area contributed by atoms with Crippen molar-refractivity contribution < 1.29 is 0 Å². The van der Waals surface area contributed by atoms with E-state index in [9.17, 15) is 0 Å². The Morgan fingerprint density at radius 2 is 1.90 bits per heavy atom. The molecule has 2 aromatic rings. The van der Waals surface area contributed by atoms with Crippen LogP contribution in [0.4, 0.5) is 5.69 Å². The molecule has 0 saturated carbocycles. The van der Waals surface area contributed by atoms with Crippen LogP contribution in [0.2, 0.25) is 0 Å². The van der Waals surface area contributed by atoms with Gasteiger partial charge in [-0.25, -0.2) is 4.98 Å². The van der Waals surface area contributed by atoms with Gasteiger partial charge in [0.15, 0.2) is 0 Å². The lowest BCUT2D eigenvalue weighted by atomic mass is 9.98. The van der Waals surface area contributed by atoms with E-state index in [1.54, 1.807) is 11.3 Å². The average Bonchev–Trinajstić information content (AvgIpc) is 2.71. The Morgan fingerprint density at radius 1 is 1.20 bits per heavy atom. The number of aromatic nitrogens is 2. The SMILES string of the molecule is Cc1cncc(NC(C)c2sc(C(C)(C)C)nc2C)c1. The van der Waals surface area contributed by atoms with Crippen LogP contribution < -0.4 is 5.32 Å². The van der Waals surface area contributed by atoms with Crippen molar-refractivity contribution in [3.05, 3.63) is 39.6 Å². The van der Waals surface area contributed by atoms with Crippen molar-refractivity contribution in [1.29, 1.82) is 0 Å². The lowest BCUT2D eigenvalue weighted by Crippen LogP contribution is -2.10. The Morgan fingerprint density at radius 3 is 2.45 bits per heavy atom. The molecule has 0 aliphatic rings. The third kappa shape index (κ3) is 3.37. The molecule has 0 fully saturated rings. The quantitative estimate of drug-likeness (QED) is 0.895. The first-order valence-electron chi connectivity index (χ1n) is 6.93. The first-order valence-corrected chi connectivity index (χ1v) is 7.75. The maximum atomic E-state index is 4.73. The summed E-state index contributed by atoms with van der Waals surface area (Å²) in [4.78, 5) is 10.3. The van der Waals surface area contributed by atoms with Gasteiger partial charge < -0.3 is 5.32 Å². The Kier molecular flexibility index (Phi) is 4.14. The van der Waals surface area contributed by atoms with Crippen molar-refractivity contribution in [2.24, 2.45) is 0 Å². The lowest BCUT2D eigenvalue weighted by Gasteiger charge is -2.15. The maximum Gasteiger partial charge on any atom is 0.0985 e. The van der Waals surface area contributed by atoms with Gasteiger partial charge >= 0.3 is 0 Å². The van der Waals surface area contributed by atoms with E-state index in [1.165, 1.54) is 15.4 Å². The van der Waals surface area contributed by atoms with Gasteiger partial charge in [-0.05, 0) is 32.4 Å². The Balaban J connectivity index is 2.21. The van der Waals surface area contributed by atoms with E-state index in [2.05, 4.69) is 57.9 Å². The van der Waals surface area contributed by atoms with Gasteiger partial charge in [-0.2, -0.15) is 0 Å². The maximum absolute atomic E-state index is 4.73. The third-order valence-corrected chi connectivity index (χ3v) is 4.89. The van der Waals surface area contributed by atoms with Crippen LogP contribution in [0.1, 0.15) is 54.9 Å². The lowest BCUT2D eigenvalue weighted by molar-refractivity contribution is 0.584. The van der Waals surface area contributed by atoms with E-state index < -0.39 is 0 Å². The first-order chi connectivity index (χ1) is 9.27. The predicted molar refractivity (Wildman–Crippen MR) is 86.6 cm³/mol. The van der Waals surface area contributed by atoms with Crippen molar-refractivity contribution in [1.82, 2.24) is 9.97 Å². The molecule has 1 atom stereocenters. The highest BCUT2D eigenvalue weighted by Crippen LogP contribution is 2.33. The van der Waals surface area contributed by atoms with Gasteiger partial charge in [0.2, 0.25) is 0 Å². The number of pyridine rings is 1. The molecule has 2 aromatic heterocycles. The molecule has 0 aliphatic heterocycles. The van der Waals surface area contributed by atoms with Crippen LogP contribution in [0, 0.1) is 13.8 Å². The van der Waals surface area contributed by atoms with Gasteiger partial charge in [-0.15, -0.1) is 11.3 Å². The minimum atomic E-state index is 0.109. The second kappa shape index (κ2) is 5.52. The molecule has 0 aliphatic carbocycles. The molecule has 2 heterocycles. The summed E-state index contributed by atoms with van der Waals surface area (Å²) in [7, 11) is 0. The summed E-state index contributed by atoms with van der Waals surface area (Å²) < 4.78 is 0. The zero-order chi connectivity index (χ0) is 14.9. The molecule has 3 nitrogen and oxygen atoms in total. The molecule has 0 aromatic carbocycles. The van der Waals surface area contributed by atoms with Crippen LogP contribution >= 0.6 is 11.3 Å². The van der Waals surface area contributed by atoms with Gasteiger partial charge in [0.05, 0.1) is 22.4 Å². The fourth-order valence-corrected chi connectivity index (χ4v) is 3.21. The van der Waals surface area contributed by atoms with Crippen LogP contribution in [0.25, 0.3) is 0 Å². The van der Waals surface area contributed by atoms with Crippen molar-refractivity contribution in [3.8, 4) is 0 Å². The Labute approximate surface area is 125 Å². The fraction of sp³-hybridized carbons (Fsp3) is 0.500. The predicted octanol–water partition coefficient (Wildman–Crippen LogP) is 4.63. The number of nitrogens with one attached hydrogen (secondary N) is 1. The van der Waals surface area contributed by atoms with Crippen molar-refractivity contribution in [2.45, 2.75) is 53.0 Å². The fourth-order valence-electron chi connectivity index (χ4n) is 2.08. The molecule has 0 amide bonds. The summed E-state index contributed by atoms with van der Waals surface area (Å²) in [6.07, 6.45) is 3.73. The number of anilines is 1. The molecule has 108 valence electrons. The van der Waals surface area contributed by atoms with Crippen LogP contribution in [-0.2, 0) is 5.41 Å². The van der Waals surface area contributed by atoms with Gasteiger partial charge in [0.1, 0.15) is 0 Å². The highest BCUT2D eigenvalue weighted by atomic mass is 32.1. The second-order valence-electron chi connectivity index (χ2n) is 6.34. The standard InChI is InChI=1S/C16H23N3S/c1-10-7-13(9-17-8-10)18-11(2)14-12(3)19-15(20-14)16(4,5)6/h7-9,11,18H,1-6H3. The van der Waals surface area contributed by atoms with Crippen LogP contribution in [0.3, 0.4) is 0 Å². The topological polar surface area (TPSA) is 37.8 Å². The molecular weight excluding hydrogens is 266 g/mol. The van der Waals surface area contributed by atoms with Crippen LogP contribution in [-0.4, -0.2) is 9.97 Å². The zero-order valence-corrected chi connectivity index (χ0v) is 13.9.